The second kappa shape index (κ2) is 12.3. The summed E-state index contributed by atoms with van der Waals surface area (Å²) in [6, 6.07) is 24.1. The fourth-order valence-electron chi connectivity index (χ4n) is 4.85. The molecule has 0 aromatic heterocycles. The summed E-state index contributed by atoms with van der Waals surface area (Å²) in [5.74, 6) is -4.01. The Morgan fingerprint density at radius 3 is 2.08 bits per heavy atom. The maximum atomic E-state index is 14.2. The molecule has 1 fully saturated rings. The number of hydrogen-bond donors (Lipinski definition) is 0. The molecule has 3 aromatic carbocycles. The molecule has 1 saturated heterocycles. The first-order chi connectivity index (χ1) is 17.9. The number of esters is 1. The van der Waals surface area contributed by atoms with Gasteiger partial charge in [0.25, 0.3) is 0 Å². The number of carbonyl (C=O) groups is 3. The number of rotatable bonds is 8. The number of hydrogen-bond acceptors (Lipinski definition) is 5. The molecular formula is C30H30BrNO5. The molecule has 0 saturated carbocycles. The Balaban J connectivity index is 1.91. The number of benzene rings is 3. The minimum atomic E-state index is -1.22. The predicted octanol–water partition coefficient (Wildman–Crippen LogP) is 5.16. The highest BCUT2D eigenvalue weighted by Gasteiger charge is 2.46. The number of ether oxygens (including phenoxy) is 2. The lowest BCUT2D eigenvalue weighted by atomic mass is 9.70. The van der Waals surface area contributed by atoms with Gasteiger partial charge in [0.1, 0.15) is 5.92 Å². The molecule has 4 rings (SSSR count). The van der Waals surface area contributed by atoms with E-state index in [0.717, 1.165) is 15.6 Å². The van der Waals surface area contributed by atoms with Gasteiger partial charge in [0.05, 0.1) is 26.2 Å². The van der Waals surface area contributed by atoms with Crippen molar-refractivity contribution in [3.8, 4) is 0 Å². The average molecular weight is 564 g/mol. The molecule has 6 nitrogen and oxygen atoms in total. The Labute approximate surface area is 225 Å². The van der Waals surface area contributed by atoms with Crippen LogP contribution in [-0.2, 0) is 19.1 Å². The second-order valence-corrected chi connectivity index (χ2v) is 10.1. The van der Waals surface area contributed by atoms with E-state index in [1.165, 1.54) is 7.11 Å². The number of morpholine rings is 1. The first-order valence-electron chi connectivity index (χ1n) is 12.3. The first kappa shape index (κ1) is 26.8. The number of aryl methyl sites for hydroxylation is 1. The van der Waals surface area contributed by atoms with Crippen LogP contribution >= 0.6 is 15.9 Å². The quantitative estimate of drug-likeness (QED) is 0.215. The minimum Gasteiger partial charge on any atom is -0.468 e. The molecule has 0 unspecified atom stereocenters. The molecule has 1 amide bonds. The van der Waals surface area contributed by atoms with E-state index >= 15 is 0 Å². The number of carbonyl (C=O) groups excluding carboxylic acids is 3. The summed E-state index contributed by atoms with van der Waals surface area (Å²) >= 11 is 3.47. The van der Waals surface area contributed by atoms with Gasteiger partial charge in [0.2, 0.25) is 5.91 Å². The second-order valence-electron chi connectivity index (χ2n) is 9.13. The highest BCUT2D eigenvalue weighted by molar-refractivity contribution is 9.10. The number of ketones is 1. The van der Waals surface area contributed by atoms with E-state index in [0.29, 0.717) is 37.4 Å². The molecule has 0 bridgehead atoms. The molecule has 192 valence electrons. The van der Waals surface area contributed by atoms with Gasteiger partial charge in [-0.3, -0.25) is 14.4 Å². The van der Waals surface area contributed by atoms with E-state index < -0.39 is 23.7 Å². The minimum absolute atomic E-state index is 0.164. The lowest BCUT2D eigenvalue weighted by Crippen LogP contribution is -2.48. The SMILES string of the molecule is COC(=O)[C@H](C(=O)N1CCOCC1)[C@@H](c1ccc(Br)cc1)[C@@H](C(=O)c1ccc(C)cc1)c1ccccc1. The fourth-order valence-corrected chi connectivity index (χ4v) is 5.11. The van der Waals surface area contributed by atoms with Crippen molar-refractivity contribution < 1.29 is 23.9 Å². The summed E-state index contributed by atoms with van der Waals surface area (Å²) in [6.45, 7) is 3.50. The van der Waals surface area contributed by atoms with Crippen molar-refractivity contribution in [1.82, 2.24) is 4.90 Å². The van der Waals surface area contributed by atoms with Crippen molar-refractivity contribution in [2.24, 2.45) is 5.92 Å². The Hall–Kier alpha value is -3.29. The average Bonchev–Trinajstić information content (AvgIpc) is 2.94. The van der Waals surface area contributed by atoms with Crippen LogP contribution in [0, 0.1) is 12.8 Å². The summed E-state index contributed by atoms with van der Waals surface area (Å²) < 4.78 is 11.5. The third-order valence-corrected chi connectivity index (χ3v) is 7.32. The maximum Gasteiger partial charge on any atom is 0.318 e. The zero-order valence-electron chi connectivity index (χ0n) is 20.9. The zero-order chi connectivity index (χ0) is 26.4. The molecule has 7 heteroatoms. The third kappa shape index (κ3) is 6.17. The van der Waals surface area contributed by atoms with Gasteiger partial charge in [-0.25, -0.2) is 0 Å². The van der Waals surface area contributed by atoms with Gasteiger partial charge >= 0.3 is 5.97 Å². The van der Waals surface area contributed by atoms with Crippen molar-refractivity contribution >= 4 is 33.6 Å². The molecule has 1 aliphatic heterocycles. The monoisotopic (exact) mass is 563 g/mol. The Bertz CT molecular complexity index is 1220. The van der Waals surface area contributed by atoms with Crippen molar-refractivity contribution in [3.05, 3.63) is 106 Å². The van der Waals surface area contributed by atoms with Gasteiger partial charge in [0, 0.05) is 29.0 Å². The van der Waals surface area contributed by atoms with E-state index in [4.69, 9.17) is 9.47 Å². The summed E-state index contributed by atoms with van der Waals surface area (Å²) in [7, 11) is 1.28. The molecule has 3 atom stereocenters. The lowest BCUT2D eigenvalue weighted by molar-refractivity contribution is -0.156. The summed E-state index contributed by atoms with van der Waals surface area (Å²) in [5, 5.41) is 0. The van der Waals surface area contributed by atoms with Crippen molar-refractivity contribution in [1.29, 1.82) is 0 Å². The topological polar surface area (TPSA) is 72.9 Å². The molecule has 1 aliphatic rings. The van der Waals surface area contributed by atoms with Crippen LogP contribution in [0.1, 0.15) is 38.9 Å². The standard InChI is InChI=1S/C30H30BrNO5/c1-20-8-10-23(11-9-20)28(33)26(21-6-4-3-5-7-21)25(22-12-14-24(31)15-13-22)27(30(35)36-2)29(34)32-16-18-37-19-17-32/h3-15,25-27H,16-19H2,1-2H3/t25-,26-,27-/m0/s1. The molecule has 0 N–H and O–H groups in total. The molecule has 3 aromatic rings. The van der Waals surface area contributed by atoms with E-state index in [2.05, 4.69) is 15.9 Å². The van der Waals surface area contributed by atoms with E-state index in [9.17, 15) is 14.4 Å². The van der Waals surface area contributed by atoms with Crippen LogP contribution in [0.4, 0.5) is 0 Å². The lowest BCUT2D eigenvalue weighted by Gasteiger charge is -2.36. The van der Waals surface area contributed by atoms with Crippen LogP contribution in [0.15, 0.2) is 83.3 Å². The van der Waals surface area contributed by atoms with Gasteiger partial charge < -0.3 is 14.4 Å². The summed E-state index contributed by atoms with van der Waals surface area (Å²) in [5.41, 5.74) is 2.98. The van der Waals surface area contributed by atoms with Crippen LogP contribution in [0.25, 0.3) is 0 Å². The fraction of sp³-hybridized carbons (Fsp3) is 0.300. The summed E-state index contributed by atoms with van der Waals surface area (Å²) in [6.07, 6.45) is 0. The van der Waals surface area contributed by atoms with Crippen molar-refractivity contribution in [2.45, 2.75) is 18.8 Å². The number of Topliss-reactive ketones (excluding diaryl/α,β-unsaturated/α-hetero) is 1. The number of halogens is 1. The Kier molecular flexibility index (Phi) is 8.90. The van der Waals surface area contributed by atoms with Crippen LogP contribution in [0.5, 0.6) is 0 Å². The van der Waals surface area contributed by atoms with Gasteiger partial charge in [0.15, 0.2) is 5.78 Å². The third-order valence-electron chi connectivity index (χ3n) is 6.79. The number of nitrogens with zero attached hydrogens (tertiary/aromatic N) is 1. The molecule has 0 spiro atoms. The molecule has 0 radical (unpaired) electrons. The van der Waals surface area contributed by atoms with E-state index in [-0.39, 0.29) is 11.7 Å². The first-order valence-corrected chi connectivity index (χ1v) is 13.1. The zero-order valence-corrected chi connectivity index (χ0v) is 22.5. The maximum absolute atomic E-state index is 14.2. The van der Waals surface area contributed by atoms with Crippen molar-refractivity contribution in [3.63, 3.8) is 0 Å². The predicted molar refractivity (Wildman–Crippen MR) is 144 cm³/mol. The highest BCUT2D eigenvalue weighted by atomic mass is 79.9. The smallest absolute Gasteiger partial charge is 0.318 e. The van der Waals surface area contributed by atoms with Crippen LogP contribution in [0.3, 0.4) is 0 Å². The van der Waals surface area contributed by atoms with E-state index in [1.807, 2.05) is 73.7 Å². The van der Waals surface area contributed by atoms with Crippen LogP contribution in [-0.4, -0.2) is 56.0 Å². The molecule has 0 aliphatic carbocycles. The number of methoxy groups -OCH3 is 1. The Morgan fingerprint density at radius 2 is 1.49 bits per heavy atom. The van der Waals surface area contributed by atoms with Crippen molar-refractivity contribution in [2.75, 3.05) is 33.4 Å². The Morgan fingerprint density at radius 1 is 0.865 bits per heavy atom. The van der Waals surface area contributed by atoms with Gasteiger partial charge in [-0.2, -0.15) is 0 Å². The van der Waals surface area contributed by atoms with Crippen LogP contribution in [0.2, 0.25) is 0 Å². The van der Waals surface area contributed by atoms with Gasteiger partial charge in [-0.15, -0.1) is 0 Å². The van der Waals surface area contributed by atoms with Gasteiger partial charge in [-0.1, -0.05) is 88.2 Å². The molecule has 1 heterocycles. The van der Waals surface area contributed by atoms with E-state index in [1.54, 1.807) is 17.0 Å². The van der Waals surface area contributed by atoms with Crippen LogP contribution < -0.4 is 0 Å². The summed E-state index contributed by atoms with van der Waals surface area (Å²) in [4.78, 5) is 43.2. The number of amides is 1. The molecule has 37 heavy (non-hydrogen) atoms. The normalized spacial score (nSPS) is 15.9. The van der Waals surface area contributed by atoms with Gasteiger partial charge in [-0.05, 0) is 30.2 Å². The largest absolute Gasteiger partial charge is 0.468 e. The molecular weight excluding hydrogens is 534 g/mol. The highest BCUT2D eigenvalue weighted by Crippen LogP contribution is 2.43.